The van der Waals surface area contributed by atoms with Crippen LogP contribution in [-0.2, 0) is 0 Å². The molecule has 0 saturated heterocycles. The minimum absolute atomic E-state index is 0.115. The number of benzene rings is 1. The monoisotopic (exact) mass is 245 g/mol. The smallest absolute Gasteiger partial charge is 0.138 e. The van der Waals surface area contributed by atoms with Crippen molar-refractivity contribution in [2.24, 2.45) is 5.73 Å². The molecule has 0 amide bonds. The third-order valence-electron chi connectivity index (χ3n) is 2.11. The maximum absolute atomic E-state index is 13.0. The van der Waals surface area contributed by atoms with Crippen LogP contribution in [0.25, 0.3) is 0 Å². The van der Waals surface area contributed by atoms with Gasteiger partial charge in [-0.3, -0.25) is 0 Å². The van der Waals surface area contributed by atoms with E-state index in [2.05, 4.69) is 15.9 Å². The first-order valence-electron chi connectivity index (χ1n) is 4.06. The van der Waals surface area contributed by atoms with Crippen molar-refractivity contribution in [3.05, 3.63) is 28.0 Å². The molecule has 0 radical (unpaired) electrons. The Bertz CT molecular complexity index is 343. The molecule has 1 aromatic rings. The summed E-state index contributed by atoms with van der Waals surface area (Å²) in [6.45, 7) is 0.596. The predicted octanol–water partition coefficient (Wildman–Crippen LogP) is 2.37. The molecule has 0 spiro atoms. The Kier molecular flexibility index (Phi) is 2.26. The fourth-order valence-electron chi connectivity index (χ4n) is 1.45. The summed E-state index contributed by atoms with van der Waals surface area (Å²) in [4.78, 5) is 0. The Morgan fingerprint density at radius 3 is 3.08 bits per heavy atom. The van der Waals surface area contributed by atoms with Crippen molar-refractivity contribution in [2.45, 2.75) is 12.5 Å². The van der Waals surface area contributed by atoms with Crippen molar-refractivity contribution >= 4 is 15.9 Å². The van der Waals surface area contributed by atoms with Crippen molar-refractivity contribution in [3.8, 4) is 5.75 Å². The molecule has 70 valence electrons. The highest BCUT2D eigenvalue weighted by Crippen LogP contribution is 2.37. The Morgan fingerprint density at radius 1 is 1.54 bits per heavy atom. The quantitative estimate of drug-likeness (QED) is 0.762. The summed E-state index contributed by atoms with van der Waals surface area (Å²) < 4.78 is 19.0. The Hall–Kier alpha value is -0.610. The van der Waals surface area contributed by atoms with E-state index < -0.39 is 0 Å². The number of hydrogen-bond acceptors (Lipinski definition) is 2. The largest absolute Gasteiger partial charge is 0.492 e. The number of halogens is 2. The first-order chi connectivity index (χ1) is 6.18. The van der Waals surface area contributed by atoms with Gasteiger partial charge in [0.2, 0.25) is 0 Å². The summed E-state index contributed by atoms with van der Waals surface area (Å²) in [6.07, 6.45) is 0.739. The Balaban J connectivity index is 2.56. The molecule has 2 rings (SSSR count). The molecule has 1 atom stereocenters. The van der Waals surface area contributed by atoms with Gasteiger partial charge in [-0.1, -0.05) is 0 Å². The highest BCUT2D eigenvalue weighted by atomic mass is 79.9. The summed E-state index contributed by atoms with van der Waals surface area (Å²) in [7, 11) is 0. The summed E-state index contributed by atoms with van der Waals surface area (Å²) in [6, 6.07) is 2.71. The van der Waals surface area contributed by atoms with Crippen molar-refractivity contribution in [1.82, 2.24) is 0 Å². The fourth-order valence-corrected chi connectivity index (χ4v) is 2.01. The zero-order valence-corrected chi connectivity index (χ0v) is 8.47. The molecule has 13 heavy (non-hydrogen) atoms. The van der Waals surface area contributed by atoms with Crippen LogP contribution in [0.15, 0.2) is 16.6 Å². The highest BCUT2D eigenvalue weighted by molar-refractivity contribution is 9.10. The number of ether oxygens (including phenoxy) is 1. The minimum atomic E-state index is -0.286. The molecule has 0 fully saturated rings. The van der Waals surface area contributed by atoms with Crippen LogP contribution in [0.2, 0.25) is 0 Å². The Labute approximate surface area is 84.0 Å². The second-order valence-electron chi connectivity index (χ2n) is 3.05. The molecular formula is C9H9BrFNO. The number of nitrogens with two attached hydrogens (primary N) is 1. The van der Waals surface area contributed by atoms with E-state index >= 15 is 0 Å². The van der Waals surface area contributed by atoms with Crippen LogP contribution in [-0.4, -0.2) is 6.61 Å². The van der Waals surface area contributed by atoms with Crippen LogP contribution >= 0.6 is 15.9 Å². The predicted molar refractivity (Wildman–Crippen MR) is 51.1 cm³/mol. The first-order valence-corrected chi connectivity index (χ1v) is 4.85. The van der Waals surface area contributed by atoms with Gasteiger partial charge in [0.25, 0.3) is 0 Å². The summed E-state index contributed by atoms with van der Waals surface area (Å²) in [5.74, 6) is 0.395. The molecule has 1 heterocycles. The van der Waals surface area contributed by atoms with E-state index in [0.29, 0.717) is 16.8 Å². The molecule has 1 aliphatic heterocycles. The van der Waals surface area contributed by atoms with Gasteiger partial charge in [0, 0.05) is 18.0 Å². The average molecular weight is 246 g/mol. The molecule has 1 aromatic carbocycles. The van der Waals surface area contributed by atoms with Gasteiger partial charge in [0.15, 0.2) is 0 Å². The number of fused-ring (bicyclic) bond motifs is 1. The van der Waals surface area contributed by atoms with Gasteiger partial charge in [-0.25, -0.2) is 4.39 Å². The van der Waals surface area contributed by atoms with Crippen molar-refractivity contribution in [1.29, 1.82) is 0 Å². The second kappa shape index (κ2) is 3.27. The van der Waals surface area contributed by atoms with E-state index in [1.54, 1.807) is 0 Å². The minimum Gasteiger partial charge on any atom is -0.492 e. The zero-order chi connectivity index (χ0) is 9.42. The van der Waals surface area contributed by atoms with Crippen molar-refractivity contribution in [3.63, 3.8) is 0 Å². The van der Waals surface area contributed by atoms with Crippen LogP contribution in [0.1, 0.15) is 18.0 Å². The van der Waals surface area contributed by atoms with E-state index in [9.17, 15) is 4.39 Å². The molecule has 1 aliphatic rings. The van der Waals surface area contributed by atoms with E-state index in [1.807, 2.05) is 0 Å². The van der Waals surface area contributed by atoms with Crippen LogP contribution in [0, 0.1) is 5.82 Å². The summed E-state index contributed by atoms with van der Waals surface area (Å²) >= 11 is 3.24. The molecular weight excluding hydrogens is 237 g/mol. The van der Waals surface area contributed by atoms with Crippen LogP contribution in [0.4, 0.5) is 4.39 Å². The van der Waals surface area contributed by atoms with Crippen molar-refractivity contribution < 1.29 is 9.13 Å². The summed E-state index contributed by atoms with van der Waals surface area (Å²) in [5.41, 5.74) is 6.56. The molecule has 1 unspecified atom stereocenters. The van der Waals surface area contributed by atoms with Gasteiger partial charge in [-0.15, -0.1) is 0 Å². The highest BCUT2D eigenvalue weighted by Gasteiger charge is 2.21. The van der Waals surface area contributed by atoms with E-state index in [0.717, 1.165) is 12.0 Å². The lowest BCUT2D eigenvalue weighted by Gasteiger charge is -2.23. The first kappa shape index (κ1) is 8.97. The van der Waals surface area contributed by atoms with E-state index in [1.165, 1.54) is 12.1 Å². The van der Waals surface area contributed by atoms with Gasteiger partial charge >= 0.3 is 0 Å². The molecule has 0 aromatic heterocycles. The third-order valence-corrected chi connectivity index (χ3v) is 2.70. The molecule has 4 heteroatoms. The van der Waals surface area contributed by atoms with Gasteiger partial charge < -0.3 is 10.5 Å². The maximum Gasteiger partial charge on any atom is 0.138 e. The van der Waals surface area contributed by atoms with Crippen LogP contribution in [0.3, 0.4) is 0 Å². The van der Waals surface area contributed by atoms with E-state index in [-0.39, 0.29) is 11.9 Å². The normalized spacial score (nSPS) is 20.7. The van der Waals surface area contributed by atoms with Gasteiger partial charge in [0.1, 0.15) is 11.6 Å². The Morgan fingerprint density at radius 2 is 2.31 bits per heavy atom. The molecule has 0 aliphatic carbocycles. The number of rotatable bonds is 0. The zero-order valence-electron chi connectivity index (χ0n) is 6.89. The third kappa shape index (κ3) is 1.56. The lowest BCUT2D eigenvalue weighted by atomic mass is 10.0. The van der Waals surface area contributed by atoms with Crippen LogP contribution < -0.4 is 10.5 Å². The maximum atomic E-state index is 13.0. The molecule has 0 saturated carbocycles. The van der Waals surface area contributed by atoms with Gasteiger partial charge in [0.05, 0.1) is 11.1 Å². The standard InChI is InChI=1S/C9H9BrFNO/c10-7-4-5(11)3-6-8(12)1-2-13-9(6)7/h3-4,8H,1-2,12H2. The SMILES string of the molecule is NC1CCOc2c(Br)cc(F)cc21. The number of hydrogen-bond donors (Lipinski definition) is 1. The topological polar surface area (TPSA) is 35.2 Å². The average Bonchev–Trinajstić information content (AvgIpc) is 2.07. The lowest BCUT2D eigenvalue weighted by Crippen LogP contribution is -2.21. The van der Waals surface area contributed by atoms with Crippen LogP contribution in [0.5, 0.6) is 5.75 Å². The second-order valence-corrected chi connectivity index (χ2v) is 3.90. The molecule has 0 bridgehead atoms. The van der Waals surface area contributed by atoms with Gasteiger partial charge in [-0.2, -0.15) is 0 Å². The van der Waals surface area contributed by atoms with Gasteiger partial charge in [-0.05, 0) is 28.1 Å². The van der Waals surface area contributed by atoms with E-state index in [4.69, 9.17) is 10.5 Å². The molecule has 2 nitrogen and oxygen atoms in total. The lowest BCUT2D eigenvalue weighted by molar-refractivity contribution is 0.266. The fraction of sp³-hybridized carbons (Fsp3) is 0.333. The summed E-state index contributed by atoms with van der Waals surface area (Å²) in [5, 5.41) is 0. The molecule has 2 N–H and O–H groups in total. The van der Waals surface area contributed by atoms with Crippen molar-refractivity contribution in [2.75, 3.05) is 6.61 Å².